The van der Waals surface area contributed by atoms with Crippen molar-refractivity contribution in [2.24, 2.45) is 5.73 Å². The lowest BCUT2D eigenvalue weighted by molar-refractivity contribution is 0.300. The maximum Gasteiger partial charge on any atom is 0.131 e. The molecule has 0 amide bonds. The molecule has 0 saturated heterocycles. The summed E-state index contributed by atoms with van der Waals surface area (Å²) in [6.07, 6.45) is 1.73. The highest BCUT2D eigenvalue weighted by Crippen LogP contribution is 2.27. The maximum absolute atomic E-state index is 6.07. The van der Waals surface area contributed by atoms with E-state index in [0.29, 0.717) is 22.9 Å². The highest BCUT2D eigenvalue weighted by Gasteiger charge is 2.11. The molecule has 5 heteroatoms. The van der Waals surface area contributed by atoms with E-state index in [-0.39, 0.29) is 4.99 Å². The summed E-state index contributed by atoms with van der Waals surface area (Å²) >= 11 is 11.1. The van der Waals surface area contributed by atoms with Crippen molar-refractivity contribution in [3.63, 3.8) is 0 Å². The van der Waals surface area contributed by atoms with Gasteiger partial charge in [0.25, 0.3) is 0 Å². The number of halogens is 1. The molecule has 19 heavy (non-hydrogen) atoms. The van der Waals surface area contributed by atoms with E-state index in [1.165, 1.54) is 0 Å². The molecule has 98 valence electrons. The van der Waals surface area contributed by atoms with Gasteiger partial charge in [-0.2, -0.15) is 0 Å². The summed E-state index contributed by atoms with van der Waals surface area (Å²) in [5.74, 6) is 0.574. The SMILES string of the molecule is Cc1cccnc1COc1cccc(Cl)c1C(N)=S. The van der Waals surface area contributed by atoms with Crippen LogP contribution >= 0.6 is 23.8 Å². The zero-order valence-corrected chi connectivity index (χ0v) is 12.0. The monoisotopic (exact) mass is 292 g/mol. The first-order valence-corrected chi connectivity index (χ1v) is 6.50. The first-order chi connectivity index (χ1) is 9.09. The molecule has 0 atom stereocenters. The molecule has 0 aliphatic heterocycles. The smallest absolute Gasteiger partial charge is 0.131 e. The quantitative estimate of drug-likeness (QED) is 0.879. The number of pyridine rings is 1. The van der Waals surface area contributed by atoms with Crippen LogP contribution < -0.4 is 10.5 Å². The van der Waals surface area contributed by atoms with Crippen LogP contribution in [-0.4, -0.2) is 9.97 Å². The van der Waals surface area contributed by atoms with Gasteiger partial charge in [0, 0.05) is 6.20 Å². The molecule has 0 bridgehead atoms. The second kappa shape index (κ2) is 5.99. The van der Waals surface area contributed by atoms with Crippen LogP contribution in [-0.2, 0) is 6.61 Å². The molecule has 0 fully saturated rings. The fraction of sp³-hybridized carbons (Fsp3) is 0.143. The van der Waals surface area contributed by atoms with Crippen LogP contribution in [0.1, 0.15) is 16.8 Å². The molecule has 0 saturated carbocycles. The van der Waals surface area contributed by atoms with Gasteiger partial charge in [-0.1, -0.05) is 36.0 Å². The van der Waals surface area contributed by atoms with Crippen molar-refractivity contribution in [3.05, 3.63) is 58.4 Å². The van der Waals surface area contributed by atoms with Crippen molar-refractivity contribution in [1.29, 1.82) is 0 Å². The van der Waals surface area contributed by atoms with E-state index >= 15 is 0 Å². The Morgan fingerprint density at radius 3 is 2.84 bits per heavy atom. The number of nitrogens with two attached hydrogens (primary N) is 1. The Hall–Kier alpha value is -1.65. The van der Waals surface area contributed by atoms with Crippen molar-refractivity contribution in [2.75, 3.05) is 0 Å². The van der Waals surface area contributed by atoms with Crippen LogP contribution in [0.5, 0.6) is 5.75 Å². The Kier molecular flexibility index (Phi) is 4.35. The molecule has 0 aliphatic rings. The van der Waals surface area contributed by atoms with Crippen molar-refractivity contribution < 1.29 is 4.74 Å². The number of aryl methyl sites for hydroxylation is 1. The Labute approximate surface area is 122 Å². The van der Waals surface area contributed by atoms with Gasteiger partial charge >= 0.3 is 0 Å². The van der Waals surface area contributed by atoms with Gasteiger partial charge in [0.1, 0.15) is 17.3 Å². The molecule has 1 heterocycles. The summed E-state index contributed by atoms with van der Waals surface area (Å²) in [7, 11) is 0. The highest BCUT2D eigenvalue weighted by atomic mass is 35.5. The van der Waals surface area contributed by atoms with Crippen molar-refractivity contribution >= 4 is 28.8 Å². The standard InChI is InChI=1S/C14H13ClN2OS/c1-9-4-3-7-17-11(9)8-18-12-6-2-5-10(15)13(12)14(16)19/h2-7H,8H2,1H3,(H2,16,19). The third-order valence-electron chi connectivity index (χ3n) is 2.70. The van der Waals surface area contributed by atoms with E-state index in [0.717, 1.165) is 11.3 Å². The number of nitrogens with zero attached hydrogens (tertiary/aromatic N) is 1. The molecule has 2 aromatic rings. The van der Waals surface area contributed by atoms with Crippen LogP contribution in [0, 0.1) is 6.92 Å². The average Bonchev–Trinajstić information content (AvgIpc) is 2.37. The van der Waals surface area contributed by atoms with Gasteiger partial charge in [-0.05, 0) is 30.7 Å². The topological polar surface area (TPSA) is 48.1 Å². The third-order valence-corrected chi connectivity index (χ3v) is 3.22. The predicted octanol–water partition coefficient (Wildman–Crippen LogP) is 3.26. The van der Waals surface area contributed by atoms with Crippen LogP contribution in [0.2, 0.25) is 5.02 Å². The first-order valence-electron chi connectivity index (χ1n) is 5.71. The average molecular weight is 293 g/mol. The summed E-state index contributed by atoms with van der Waals surface area (Å²) < 4.78 is 5.73. The Balaban J connectivity index is 2.23. The van der Waals surface area contributed by atoms with E-state index in [4.69, 9.17) is 34.3 Å². The van der Waals surface area contributed by atoms with E-state index < -0.39 is 0 Å². The van der Waals surface area contributed by atoms with E-state index in [2.05, 4.69) is 4.98 Å². The van der Waals surface area contributed by atoms with Gasteiger partial charge in [-0.25, -0.2) is 0 Å². The fourth-order valence-electron chi connectivity index (χ4n) is 1.68. The zero-order chi connectivity index (χ0) is 13.8. The van der Waals surface area contributed by atoms with Crippen LogP contribution in [0.25, 0.3) is 0 Å². The Morgan fingerprint density at radius 2 is 2.16 bits per heavy atom. The van der Waals surface area contributed by atoms with E-state index in [1.54, 1.807) is 24.4 Å². The molecule has 3 nitrogen and oxygen atoms in total. The number of hydrogen-bond donors (Lipinski definition) is 1. The summed E-state index contributed by atoms with van der Waals surface area (Å²) in [5.41, 5.74) is 8.17. The van der Waals surface area contributed by atoms with Gasteiger partial charge in [-0.3, -0.25) is 4.98 Å². The zero-order valence-electron chi connectivity index (χ0n) is 10.4. The normalized spacial score (nSPS) is 10.2. The molecule has 1 aromatic carbocycles. The number of thiocarbonyl (C=S) groups is 1. The summed E-state index contributed by atoms with van der Waals surface area (Å²) in [6, 6.07) is 9.19. The van der Waals surface area contributed by atoms with Gasteiger partial charge in [0.2, 0.25) is 0 Å². The summed E-state index contributed by atoms with van der Waals surface area (Å²) in [4.78, 5) is 4.49. The second-order valence-electron chi connectivity index (χ2n) is 4.03. The van der Waals surface area contributed by atoms with Gasteiger partial charge < -0.3 is 10.5 Å². The second-order valence-corrected chi connectivity index (χ2v) is 4.88. The minimum absolute atomic E-state index is 0.221. The summed E-state index contributed by atoms with van der Waals surface area (Å²) in [6.45, 7) is 2.33. The van der Waals surface area contributed by atoms with Crippen molar-refractivity contribution in [2.45, 2.75) is 13.5 Å². The minimum atomic E-state index is 0.221. The van der Waals surface area contributed by atoms with Crippen molar-refractivity contribution in [3.8, 4) is 5.75 Å². The maximum atomic E-state index is 6.07. The lowest BCUT2D eigenvalue weighted by atomic mass is 10.2. The number of hydrogen-bond acceptors (Lipinski definition) is 3. The molecule has 1 aromatic heterocycles. The predicted molar refractivity (Wildman–Crippen MR) is 80.6 cm³/mol. The molecule has 0 aliphatic carbocycles. The number of rotatable bonds is 4. The highest BCUT2D eigenvalue weighted by molar-refractivity contribution is 7.80. The molecular weight excluding hydrogens is 280 g/mol. The lowest BCUT2D eigenvalue weighted by Gasteiger charge is -2.12. The lowest BCUT2D eigenvalue weighted by Crippen LogP contribution is -2.13. The Morgan fingerprint density at radius 1 is 1.37 bits per heavy atom. The minimum Gasteiger partial charge on any atom is -0.486 e. The molecule has 0 radical (unpaired) electrons. The van der Waals surface area contributed by atoms with Gasteiger partial charge in [0.15, 0.2) is 0 Å². The summed E-state index contributed by atoms with van der Waals surface area (Å²) in [5, 5.41) is 0.489. The van der Waals surface area contributed by atoms with Crippen LogP contribution in [0.3, 0.4) is 0 Å². The van der Waals surface area contributed by atoms with Crippen molar-refractivity contribution in [1.82, 2.24) is 4.98 Å². The van der Waals surface area contributed by atoms with Crippen LogP contribution in [0.15, 0.2) is 36.5 Å². The fourth-order valence-corrected chi connectivity index (χ4v) is 2.21. The number of benzene rings is 1. The Bertz CT molecular complexity index is 616. The molecule has 0 unspecified atom stereocenters. The number of ether oxygens (including phenoxy) is 1. The van der Waals surface area contributed by atoms with Gasteiger partial charge in [0.05, 0.1) is 16.3 Å². The number of aromatic nitrogens is 1. The van der Waals surface area contributed by atoms with Crippen LogP contribution in [0.4, 0.5) is 0 Å². The largest absolute Gasteiger partial charge is 0.486 e. The van der Waals surface area contributed by atoms with Gasteiger partial charge in [-0.15, -0.1) is 0 Å². The van der Waals surface area contributed by atoms with E-state index in [1.807, 2.05) is 19.1 Å². The van der Waals surface area contributed by atoms with E-state index in [9.17, 15) is 0 Å². The third kappa shape index (κ3) is 3.22. The first kappa shape index (κ1) is 13.8. The molecular formula is C14H13ClN2OS. The molecule has 2 rings (SSSR count). The molecule has 0 spiro atoms. The molecule has 2 N–H and O–H groups in total.